The van der Waals surface area contributed by atoms with Crippen molar-refractivity contribution in [2.75, 3.05) is 7.11 Å². The van der Waals surface area contributed by atoms with Crippen molar-refractivity contribution in [2.24, 2.45) is 5.10 Å². The van der Waals surface area contributed by atoms with Crippen molar-refractivity contribution in [1.82, 2.24) is 15.6 Å². The molecule has 0 bridgehead atoms. The van der Waals surface area contributed by atoms with E-state index in [-0.39, 0.29) is 11.4 Å². The first-order chi connectivity index (χ1) is 12.2. The monoisotopic (exact) mass is 336 g/mol. The van der Waals surface area contributed by atoms with Crippen molar-refractivity contribution in [1.29, 1.82) is 0 Å². The lowest BCUT2D eigenvalue weighted by Crippen LogP contribution is -2.18. The Balaban J connectivity index is 1.72. The lowest BCUT2D eigenvalue weighted by atomic mass is 10.1. The number of phenolic OH excluding ortho intramolecular Hbond substituents is 1. The molecule has 7 nitrogen and oxygen atoms in total. The van der Waals surface area contributed by atoms with E-state index in [4.69, 9.17) is 4.74 Å². The molecule has 7 heteroatoms. The fraction of sp³-hybridized carbons (Fsp3) is 0.0556. The molecule has 0 fully saturated rings. The minimum atomic E-state index is -0.444. The molecule has 1 aromatic heterocycles. The van der Waals surface area contributed by atoms with Gasteiger partial charge in [0.1, 0.15) is 17.2 Å². The number of nitrogens with zero attached hydrogens (tertiary/aromatic N) is 2. The molecule has 3 aromatic rings. The Hall–Kier alpha value is -3.61. The number of aromatic nitrogens is 2. The molecule has 0 saturated carbocycles. The number of rotatable bonds is 5. The van der Waals surface area contributed by atoms with E-state index in [2.05, 4.69) is 20.7 Å². The van der Waals surface area contributed by atoms with Gasteiger partial charge in [-0.1, -0.05) is 24.3 Å². The summed E-state index contributed by atoms with van der Waals surface area (Å²) in [6, 6.07) is 15.7. The number of aromatic amines is 1. The molecule has 0 radical (unpaired) electrons. The highest BCUT2D eigenvalue weighted by Gasteiger charge is 2.13. The lowest BCUT2D eigenvalue weighted by molar-refractivity contribution is 0.0950. The fourth-order valence-corrected chi connectivity index (χ4v) is 2.25. The number of nitrogens with one attached hydrogen (secondary N) is 2. The van der Waals surface area contributed by atoms with Gasteiger partial charge >= 0.3 is 0 Å². The number of carbonyl (C=O) groups excluding carboxylic acids is 1. The van der Waals surface area contributed by atoms with Crippen molar-refractivity contribution in [3.05, 3.63) is 65.9 Å². The third kappa shape index (κ3) is 3.66. The number of H-pyrrole nitrogens is 1. The molecule has 1 amide bonds. The largest absolute Gasteiger partial charge is 0.507 e. The molecule has 0 unspecified atom stereocenters. The van der Waals surface area contributed by atoms with Crippen LogP contribution >= 0.6 is 0 Å². The van der Waals surface area contributed by atoms with E-state index in [1.165, 1.54) is 12.3 Å². The minimum absolute atomic E-state index is 0.0838. The molecule has 3 N–H and O–H groups in total. The smallest absolute Gasteiger partial charge is 0.289 e. The predicted octanol–water partition coefficient (Wildman–Crippen LogP) is 2.55. The molecule has 1 heterocycles. The summed E-state index contributed by atoms with van der Waals surface area (Å²) in [5.41, 5.74) is 4.51. The van der Waals surface area contributed by atoms with Crippen LogP contribution in [-0.2, 0) is 0 Å². The Kier molecular flexibility index (Phi) is 4.75. The molecule has 0 aliphatic rings. The predicted molar refractivity (Wildman–Crippen MR) is 93.7 cm³/mol. The summed E-state index contributed by atoms with van der Waals surface area (Å²) >= 11 is 0. The maximum Gasteiger partial charge on any atom is 0.289 e. The van der Waals surface area contributed by atoms with Crippen molar-refractivity contribution in [3.63, 3.8) is 0 Å². The SMILES string of the molecule is COc1ccccc1-c1cc(C(=O)N/N=C/c2ccccc2O)[nH]n1. The highest BCUT2D eigenvalue weighted by atomic mass is 16.5. The molecular weight excluding hydrogens is 320 g/mol. The second kappa shape index (κ2) is 7.31. The Morgan fingerprint density at radius 3 is 2.80 bits per heavy atom. The second-order valence-electron chi connectivity index (χ2n) is 5.13. The van der Waals surface area contributed by atoms with Gasteiger partial charge in [0, 0.05) is 11.1 Å². The average Bonchev–Trinajstić information content (AvgIpc) is 3.13. The maximum atomic E-state index is 12.1. The molecule has 0 aliphatic carbocycles. The number of hydrogen-bond acceptors (Lipinski definition) is 5. The van der Waals surface area contributed by atoms with Crippen molar-refractivity contribution < 1.29 is 14.6 Å². The molecule has 25 heavy (non-hydrogen) atoms. The highest BCUT2D eigenvalue weighted by molar-refractivity contribution is 5.94. The van der Waals surface area contributed by atoms with E-state index in [1.807, 2.05) is 24.3 Å². The number of methoxy groups -OCH3 is 1. The Morgan fingerprint density at radius 1 is 1.24 bits per heavy atom. The van der Waals surface area contributed by atoms with Gasteiger partial charge in [0.2, 0.25) is 0 Å². The molecule has 126 valence electrons. The molecule has 0 saturated heterocycles. The van der Waals surface area contributed by atoms with E-state index in [0.717, 1.165) is 5.56 Å². The van der Waals surface area contributed by atoms with Gasteiger partial charge in [-0.15, -0.1) is 0 Å². The zero-order valence-electron chi connectivity index (χ0n) is 13.4. The summed E-state index contributed by atoms with van der Waals surface area (Å²) in [6.07, 6.45) is 1.37. The van der Waals surface area contributed by atoms with Crippen LogP contribution in [0.3, 0.4) is 0 Å². The number of aromatic hydroxyl groups is 1. The van der Waals surface area contributed by atoms with Crippen LogP contribution in [0.2, 0.25) is 0 Å². The van der Waals surface area contributed by atoms with E-state index < -0.39 is 5.91 Å². The molecule has 0 aliphatic heterocycles. The van der Waals surface area contributed by atoms with Gasteiger partial charge in [0.05, 0.1) is 19.0 Å². The van der Waals surface area contributed by atoms with Crippen LogP contribution in [0.4, 0.5) is 0 Å². The van der Waals surface area contributed by atoms with Gasteiger partial charge in [-0.3, -0.25) is 9.89 Å². The normalized spacial score (nSPS) is 10.8. The third-order valence-electron chi connectivity index (χ3n) is 3.51. The first-order valence-corrected chi connectivity index (χ1v) is 7.49. The molecule has 0 spiro atoms. The quantitative estimate of drug-likeness (QED) is 0.492. The zero-order chi connectivity index (χ0) is 17.6. The number of benzene rings is 2. The molecular formula is C18H16N4O3. The third-order valence-corrected chi connectivity index (χ3v) is 3.51. The van der Waals surface area contributed by atoms with Gasteiger partial charge in [-0.25, -0.2) is 5.43 Å². The van der Waals surface area contributed by atoms with Crippen LogP contribution in [-0.4, -0.2) is 34.5 Å². The first-order valence-electron chi connectivity index (χ1n) is 7.49. The summed E-state index contributed by atoms with van der Waals surface area (Å²) in [7, 11) is 1.58. The number of carbonyl (C=O) groups is 1. The van der Waals surface area contributed by atoms with Crippen LogP contribution in [0.1, 0.15) is 16.1 Å². The number of amides is 1. The summed E-state index contributed by atoms with van der Waals surface area (Å²) in [4.78, 5) is 12.1. The number of phenols is 1. The van der Waals surface area contributed by atoms with Crippen LogP contribution in [0, 0.1) is 0 Å². The number of hydrazone groups is 1. The van der Waals surface area contributed by atoms with E-state index in [1.54, 1.807) is 31.4 Å². The maximum absolute atomic E-state index is 12.1. The number of hydrogen-bond donors (Lipinski definition) is 3. The Morgan fingerprint density at radius 2 is 2.00 bits per heavy atom. The van der Waals surface area contributed by atoms with Gasteiger partial charge in [-0.2, -0.15) is 10.2 Å². The van der Waals surface area contributed by atoms with E-state index in [0.29, 0.717) is 17.0 Å². The van der Waals surface area contributed by atoms with Gasteiger partial charge < -0.3 is 9.84 Å². The second-order valence-corrected chi connectivity index (χ2v) is 5.13. The number of para-hydroxylation sites is 2. The summed E-state index contributed by atoms with van der Waals surface area (Å²) in [5.74, 6) is 0.305. The number of ether oxygens (including phenoxy) is 1. The van der Waals surface area contributed by atoms with Crippen LogP contribution < -0.4 is 10.2 Å². The van der Waals surface area contributed by atoms with Gasteiger partial charge in [0.15, 0.2) is 0 Å². The van der Waals surface area contributed by atoms with Crippen LogP contribution in [0.25, 0.3) is 11.3 Å². The Bertz CT molecular complexity index is 918. The average molecular weight is 336 g/mol. The standard InChI is InChI=1S/C18H16N4O3/c1-25-17-9-5-3-7-13(17)14-10-15(21-20-14)18(24)22-19-11-12-6-2-4-8-16(12)23/h2-11,23H,1H3,(H,20,21)(H,22,24)/b19-11+. The molecule has 0 atom stereocenters. The van der Waals surface area contributed by atoms with Crippen molar-refractivity contribution >= 4 is 12.1 Å². The topological polar surface area (TPSA) is 99.6 Å². The van der Waals surface area contributed by atoms with Crippen LogP contribution in [0.15, 0.2) is 59.7 Å². The summed E-state index contributed by atoms with van der Waals surface area (Å²) in [5, 5.41) is 20.3. The highest BCUT2D eigenvalue weighted by Crippen LogP contribution is 2.28. The lowest BCUT2D eigenvalue weighted by Gasteiger charge is -2.04. The molecule has 2 aromatic carbocycles. The van der Waals surface area contributed by atoms with E-state index >= 15 is 0 Å². The minimum Gasteiger partial charge on any atom is -0.507 e. The summed E-state index contributed by atoms with van der Waals surface area (Å²) in [6.45, 7) is 0. The van der Waals surface area contributed by atoms with Gasteiger partial charge in [0.25, 0.3) is 5.91 Å². The fourth-order valence-electron chi connectivity index (χ4n) is 2.25. The van der Waals surface area contributed by atoms with E-state index in [9.17, 15) is 9.90 Å². The van der Waals surface area contributed by atoms with Crippen molar-refractivity contribution in [2.45, 2.75) is 0 Å². The first kappa shape index (κ1) is 16.3. The van der Waals surface area contributed by atoms with Gasteiger partial charge in [-0.05, 0) is 30.3 Å². The molecule has 3 rings (SSSR count). The van der Waals surface area contributed by atoms with Crippen molar-refractivity contribution in [3.8, 4) is 22.8 Å². The summed E-state index contributed by atoms with van der Waals surface area (Å²) < 4.78 is 5.29. The Labute approximate surface area is 144 Å². The zero-order valence-corrected chi connectivity index (χ0v) is 13.4. The van der Waals surface area contributed by atoms with Crippen LogP contribution in [0.5, 0.6) is 11.5 Å².